The minimum Gasteiger partial charge on any atom is -0.461 e. The number of ether oxygens (including phenoxy) is 3. The van der Waals surface area contributed by atoms with Crippen LogP contribution in [0.1, 0.15) is 64.9 Å². The predicted molar refractivity (Wildman–Crippen MR) is 189 cm³/mol. The van der Waals surface area contributed by atoms with Crippen LogP contribution in [0.2, 0.25) is 0 Å². The van der Waals surface area contributed by atoms with Gasteiger partial charge in [-0.3, -0.25) is 15.1 Å². The molecule has 2 atom stereocenters. The lowest BCUT2D eigenvalue weighted by molar-refractivity contribution is -0.137. The first kappa shape index (κ1) is 36.6. The standard InChI is InChI=1S/C36H38F5N7O5S/c1-34(2,3)53-32(49)46-31-44-27-20(8-9-23(37)28(27)54-31)24-22(36(39,40)41)14-21-26(25(24)38)43-30(51-17-35-10-4-12-47(35)13-5-11-35)45-29(21)52-33(50)48-18-6-7-19(48)16-42-15-18/h8-9,14,18-19,42H,4-7,10-13,15-17H2,1-3H3,(H,44,46,49). The summed E-state index contributed by atoms with van der Waals surface area (Å²) in [6, 6.07) is 1.78. The molecule has 18 heteroatoms. The molecule has 4 fully saturated rings. The number of anilines is 1. The molecule has 2 aromatic carbocycles. The summed E-state index contributed by atoms with van der Waals surface area (Å²) in [5.74, 6) is -2.86. The van der Waals surface area contributed by atoms with Crippen molar-refractivity contribution < 1.29 is 45.8 Å². The highest BCUT2D eigenvalue weighted by molar-refractivity contribution is 7.22. The van der Waals surface area contributed by atoms with Crippen molar-refractivity contribution in [2.45, 2.75) is 88.7 Å². The van der Waals surface area contributed by atoms with Crippen molar-refractivity contribution in [1.82, 2.24) is 30.1 Å². The van der Waals surface area contributed by atoms with Gasteiger partial charge in [0.25, 0.3) is 0 Å². The van der Waals surface area contributed by atoms with E-state index in [-0.39, 0.29) is 45.6 Å². The molecule has 4 aromatic rings. The molecule has 0 aliphatic carbocycles. The van der Waals surface area contributed by atoms with Crippen LogP contribution in [0.3, 0.4) is 0 Å². The molecule has 0 spiro atoms. The van der Waals surface area contributed by atoms with Gasteiger partial charge in [-0.1, -0.05) is 11.3 Å². The van der Waals surface area contributed by atoms with Gasteiger partial charge >= 0.3 is 24.4 Å². The number of nitrogens with zero attached hydrogens (tertiary/aromatic N) is 5. The molecule has 2 unspecified atom stereocenters. The molecule has 4 aliphatic heterocycles. The Bertz CT molecular complexity index is 2130. The molecule has 0 saturated carbocycles. The van der Waals surface area contributed by atoms with Gasteiger partial charge in [0.05, 0.1) is 26.7 Å². The first-order valence-electron chi connectivity index (χ1n) is 17.9. The SMILES string of the molecule is CC(C)(C)OC(=O)Nc1nc2c(-c3c(C(F)(F)F)cc4c(OC(=O)N5C6CCC5CNC6)nc(OCC56CCCN5CCC6)nc4c3F)ccc(F)c2s1. The molecule has 2 aromatic heterocycles. The first-order valence-corrected chi connectivity index (χ1v) is 18.7. The normalized spacial score (nSPS) is 21.1. The number of carbonyl (C=O) groups is 2. The van der Waals surface area contributed by atoms with Gasteiger partial charge in [-0.2, -0.15) is 23.1 Å². The molecule has 0 radical (unpaired) electrons. The number of piperazine rings is 1. The summed E-state index contributed by atoms with van der Waals surface area (Å²) in [6.07, 6.45) is -1.81. The first-order chi connectivity index (χ1) is 25.6. The highest BCUT2D eigenvalue weighted by Gasteiger charge is 2.46. The molecule has 12 nitrogen and oxygen atoms in total. The fourth-order valence-corrected chi connectivity index (χ4v) is 9.19. The Morgan fingerprint density at radius 1 is 1.02 bits per heavy atom. The maximum Gasteiger partial charge on any atom is 0.417 e. The summed E-state index contributed by atoms with van der Waals surface area (Å²) >= 11 is 0.648. The molecule has 4 saturated heterocycles. The van der Waals surface area contributed by atoms with Gasteiger partial charge < -0.3 is 19.5 Å². The predicted octanol–water partition coefficient (Wildman–Crippen LogP) is 7.49. The van der Waals surface area contributed by atoms with Crippen LogP contribution in [0.15, 0.2) is 18.2 Å². The maximum absolute atomic E-state index is 17.1. The van der Waals surface area contributed by atoms with E-state index in [4.69, 9.17) is 14.2 Å². The lowest BCUT2D eigenvalue weighted by atomic mass is 9.95. The van der Waals surface area contributed by atoms with Crippen molar-refractivity contribution in [1.29, 1.82) is 0 Å². The average molecular weight is 776 g/mol. The Kier molecular flexibility index (Phi) is 9.07. The zero-order chi connectivity index (χ0) is 38.2. The van der Waals surface area contributed by atoms with Gasteiger partial charge in [0.2, 0.25) is 5.88 Å². The van der Waals surface area contributed by atoms with Crippen molar-refractivity contribution in [3.8, 4) is 23.0 Å². The number of aromatic nitrogens is 3. The molecule has 6 heterocycles. The van der Waals surface area contributed by atoms with Gasteiger partial charge in [0, 0.05) is 36.3 Å². The second kappa shape index (κ2) is 13.4. The Morgan fingerprint density at radius 2 is 1.72 bits per heavy atom. The molecule has 288 valence electrons. The van der Waals surface area contributed by atoms with Gasteiger partial charge in [0.15, 0.2) is 10.9 Å². The minimum absolute atomic E-state index is 0.147. The molecular weight excluding hydrogens is 737 g/mol. The lowest BCUT2D eigenvalue weighted by Crippen LogP contribution is -2.55. The van der Waals surface area contributed by atoms with Crippen LogP contribution in [-0.2, 0) is 10.9 Å². The van der Waals surface area contributed by atoms with E-state index in [1.165, 1.54) is 0 Å². The number of halogens is 5. The third kappa shape index (κ3) is 6.65. The molecule has 4 aliphatic rings. The van der Waals surface area contributed by atoms with Gasteiger partial charge in [-0.05, 0) is 90.6 Å². The van der Waals surface area contributed by atoms with E-state index < -0.39 is 69.1 Å². The van der Waals surface area contributed by atoms with E-state index in [9.17, 15) is 9.59 Å². The Balaban J connectivity index is 1.26. The number of rotatable bonds is 6. The minimum atomic E-state index is -5.17. The molecule has 2 bridgehead atoms. The van der Waals surface area contributed by atoms with E-state index in [1.54, 1.807) is 25.7 Å². The topological polar surface area (TPSA) is 131 Å². The number of fused-ring (bicyclic) bond motifs is 5. The molecule has 2 amide bonds. The van der Waals surface area contributed by atoms with Crippen LogP contribution in [0.25, 0.3) is 32.2 Å². The van der Waals surface area contributed by atoms with Crippen LogP contribution in [0.5, 0.6) is 11.9 Å². The average Bonchev–Trinajstić information content (AvgIpc) is 3.85. The van der Waals surface area contributed by atoms with Gasteiger partial charge in [-0.25, -0.2) is 23.4 Å². The molecular formula is C36H38F5N7O5S. The monoisotopic (exact) mass is 775 g/mol. The number of carbonyl (C=O) groups excluding carboxylic acids is 2. The summed E-state index contributed by atoms with van der Waals surface area (Å²) in [5, 5.41) is 4.95. The Labute approximate surface area is 310 Å². The summed E-state index contributed by atoms with van der Waals surface area (Å²) in [7, 11) is 0. The van der Waals surface area contributed by atoms with Gasteiger partial charge in [-0.15, -0.1) is 0 Å². The number of hydrogen-bond donors (Lipinski definition) is 2. The third-order valence-corrected chi connectivity index (χ3v) is 11.6. The third-order valence-electron chi connectivity index (χ3n) is 10.6. The van der Waals surface area contributed by atoms with Crippen molar-refractivity contribution in [2.75, 3.05) is 38.1 Å². The number of hydrogen-bond acceptors (Lipinski definition) is 11. The summed E-state index contributed by atoms with van der Waals surface area (Å²) in [6.45, 7) is 7.87. The number of amides is 2. The highest BCUT2D eigenvalue weighted by Crippen LogP contribution is 2.47. The van der Waals surface area contributed by atoms with Crippen molar-refractivity contribution in [3.05, 3.63) is 35.4 Å². The van der Waals surface area contributed by atoms with Crippen LogP contribution in [0.4, 0.5) is 36.7 Å². The molecule has 8 rings (SSSR count). The second-order valence-electron chi connectivity index (χ2n) is 15.3. The Hall–Kier alpha value is -4.42. The summed E-state index contributed by atoms with van der Waals surface area (Å²) in [4.78, 5) is 42.8. The van der Waals surface area contributed by atoms with Crippen LogP contribution in [-0.4, -0.2) is 92.9 Å². The van der Waals surface area contributed by atoms with Crippen molar-refractivity contribution in [2.24, 2.45) is 0 Å². The maximum atomic E-state index is 17.1. The number of nitrogens with one attached hydrogen (secondary N) is 2. The van der Waals surface area contributed by atoms with Crippen LogP contribution >= 0.6 is 11.3 Å². The van der Waals surface area contributed by atoms with E-state index >= 15 is 22.0 Å². The largest absolute Gasteiger partial charge is 0.461 e. The lowest BCUT2D eigenvalue weighted by Gasteiger charge is -2.34. The number of benzene rings is 2. The number of thiazole rings is 1. The van der Waals surface area contributed by atoms with Crippen molar-refractivity contribution >= 4 is 49.8 Å². The molecule has 54 heavy (non-hydrogen) atoms. The summed E-state index contributed by atoms with van der Waals surface area (Å²) in [5.41, 5.74) is -4.93. The van der Waals surface area contributed by atoms with Crippen LogP contribution < -0.4 is 20.1 Å². The zero-order valence-electron chi connectivity index (χ0n) is 29.7. The quantitative estimate of drug-likeness (QED) is 0.190. The number of alkyl halides is 3. The van der Waals surface area contributed by atoms with Crippen LogP contribution in [0, 0.1) is 11.6 Å². The fraction of sp³-hybridized carbons (Fsp3) is 0.528. The highest BCUT2D eigenvalue weighted by atomic mass is 32.1. The fourth-order valence-electron chi connectivity index (χ4n) is 8.30. The van der Waals surface area contributed by atoms with Gasteiger partial charge in [0.1, 0.15) is 23.5 Å². The van der Waals surface area contributed by atoms with E-state index in [0.29, 0.717) is 30.5 Å². The van der Waals surface area contributed by atoms with E-state index in [0.717, 1.165) is 63.7 Å². The van der Waals surface area contributed by atoms with E-state index in [2.05, 4.69) is 30.5 Å². The zero-order valence-corrected chi connectivity index (χ0v) is 30.6. The smallest absolute Gasteiger partial charge is 0.417 e. The second-order valence-corrected chi connectivity index (χ2v) is 16.3. The molecule has 2 N–H and O–H groups in total. The summed E-state index contributed by atoms with van der Waals surface area (Å²) < 4.78 is 94.2. The van der Waals surface area contributed by atoms with Crippen molar-refractivity contribution in [3.63, 3.8) is 0 Å². The van der Waals surface area contributed by atoms with E-state index in [1.807, 2.05) is 0 Å². The Morgan fingerprint density at radius 3 is 2.39 bits per heavy atom.